The Morgan fingerprint density at radius 2 is 2.10 bits per heavy atom. The van der Waals surface area contributed by atoms with Crippen molar-refractivity contribution in [3.63, 3.8) is 0 Å². The molecule has 2 heterocycles. The van der Waals surface area contributed by atoms with Gasteiger partial charge in [-0.2, -0.15) is 5.10 Å². The van der Waals surface area contributed by atoms with Gasteiger partial charge >= 0.3 is 0 Å². The molecule has 20 heavy (non-hydrogen) atoms. The van der Waals surface area contributed by atoms with Crippen LogP contribution in [0.2, 0.25) is 0 Å². The van der Waals surface area contributed by atoms with Crippen LogP contribution in [0.15, 0.2) is 18.7 Å². The summed E-state index contributed by atoms with van der Waals surface area (Å²) >= 11 is 0. The highest BCUT2D eigenvalue weighted by Gasteiger charge is 2.18. The Hall–Kier alpha value is -1.69. The molecule has 0 aliphatic carbocycles. The van der Waals surface area contributed by atoms with E-state index < -0.39 is 0 Å². The number of nitrogens with one attached hydrogen (secondary N) is 1. The molecular formula is C14H24N6. The minimum absolute atomic E-state index is 0.162. The summed E-state index contributed by atoms with van der Waals surface area (Å²) in [5, 5.41) is 7.80. The Morgan fingerprint density at radius 3 is 2.70 bits per heavy atom. The molecule has 110 valence electrons. The van der Waals surface area contributed by atoms with Gasteiger partial charge in [0.1, 0.15) is 18.0 Å². The van der Waals surface area contributed by atoms with Crippen LogP contribution in [0.25, 0.3) is 0 Å². The van der Waals surface area contributed by atoms with Crippen molar-refractivity contribution in [2.45, 2.75) is 39.8 Å². The van der Waals surface area contributed by atoms with Gasteiger partial charge in [0.05, 0.1) is 6.04 Å². The second-order valence-electron chi connectivity index (χ2n) is 5.46. The van der Waals surface area contributed by atoms with Crippen molar-refractivity contribution >= 4 is 0 Å². The number of imidazole rings is 1. The minimum atomic E-state index is 0.162. The molecule has 0 aliphatic rings. The summed E-state index contributed by atoms with van der Waals surface area (Å²) in [6.45, 7) is 8.28. The Bertz CT molecular complexity index is 527. The van der Waals surface area contributed by atoms with Crippen LogP contribution in [0.1, 0.15) is 38.5 Å². The molecule has 6 nitrogen and oxygen atoms in total. The zero-order chi connectivity index (χ0) is 14.5. The molecule has 0 spiro atoms. The quantitative estimate of drug-likeness (QED) is 0.833. The van der Waals surface area contributed by atoms with E-state index >= 15 is 0 Å². The number of nitrogens with zero attached hydrogens (tertiary/aromatic N) is 5. The van der Waals surface area contributed by atoms with Crippen molar-refractivity contribution < 1.29 is 0 Å². The monoisotopic (exact) mass is 276 g/mol. The highest BCUT2D eigenvalue weighted by Crippen LogP contribution is 2.15. The van der Waals surface area contributed by atoms with Gasteiger partial charge in [0.25, 0.3) is 0 Å². The number of likely N-dealkylation sites (N-methyl/N-ethyl adjacent to an activating group) is 1. The maximum atomic E-state index is 4.45. The van der Waals surface area contributed by atoms with Crippen LogP contribution in [-0.2, 0) is 20.0 Å². The molecule has 1 N–H and O–H groups in total. The van der Waals surface area contributed by atoms with Crippen LogP contribution in [-0.4, -0.2) is 30.9 Å². The van der Waals surface area contributed by atoms with Gasteiger partial charge < -0.3 is 9.88 Å². The molecule has 1 atom stereocenters. The maximum absolute atomic E-state index is 4.45. The van der Waals surface area contributed by atoms with E-state index in [1.807, 2.05) is 24.1 Å². The predicted molar refractivity (Wildman–Crippen MR) is 78.2 cm³/mol. The zero-order valence-corrected chi connectivity index (χ0v) is 12.7. The lowest BCUT2D eigenvalue weighted by molar-refractivity contribution is 0.437. The predicted octanol–water partition coefficient (Wildman–Crippen LogP) is 1.56. The first kappa shape index (κ1) is 14.7. The average Bonchev–Trinajstić information content (AvgIpc) is 2.98. The fourth-order valence-electron chi connectivity index (χ4n) is 2.34. The van der Waals surface area contributed by atoms with E-state index in [0.717, 1.165) is 31.2 Å². The summed E-state index contributed by atoms with van der Waals surface area (Å²) in [7, 11) is 2.02. The van der Waals surface area contributed by atoms with Gasteiger partial charge in [0.15, 0.2) is 0 Å². The smallest absolute Gasteiger partial charge is 0.138 e. The molecule has 2 aromatic rings. The SMILES string of the molecule is CCNC(Cc1ncnn1CC(C)C)c1nccn1C. The second kappa shape index (κ2) is 6.65. The van der Waals surface area contributed by atoms with E-state index in [1.54, 1.807) is 6.33 Å². The average molecular weight is 276 g/mol. The lowest BCUT2D eigenvalue weighted by atomic mass is 10.1. The van der Waals surface area contributed by atoms with Crippen molar-refractivity contribution in [3.05, 3.63) is 30.4 Å². The Morgan fingerprint density at radius 1 is 1.30 bits per heavy atom. The van der Waals surface area contributed by atoms with Crippen LogP contribution in [0.5, 0.6) is 0 Å². The van der Waals surface area contributed by atoms with Gasteiger partial charge in [-0.1, -0.05) is 20.8 Å². The summed E-state index contributed by atoms with van der Waals surface area (Å²) in [4.78, 5) is 8.85. The van der Waals surface area contributed by atoms with Gasteiger partial charge in [-0.3, -0.25) is 0 Å². The molecule has 0 bridgehead atoms. The van der Waals surface area contributed by atoms with Crippen LogP contribution >= 0.6 is 0 Å². The first-order valence-corrected chi connectivity index (χ1v) is 7.19. The molecule has 0 amide bonds. The van der Waals surface area contributed by atoms with Crippen molar-refractivity contribution in [3.8, 4) is 0 Å². The second-order valence-corrected chi connectivity index (χ2v) is 5.46. The van der Waals surface area contributed by atoms with Crippen LogP contribution in [0.3, 0.4) is 0 Å². The molecule has 0 fully saturated rings. The number of aromatic nitrogens is 5. The third-order valence-electron chi connectivity index (χ3n) is 3.24. The number of hydrogen-bond donors (Lipinski definition) is 1. The maximum Gasteiger partial charge on any atom is 0.138 e. The summed E-state index contributed by atoms with van der Waals surface area (Å²) < 4.78 is 4.05. The Labute approximate surface area is 120 Å². The van der Waals surface area contributed by atoms with Crippen LogP contribution in [0, 0.1) is 5.92 Å². The van der Waals surface area contributed by atoms with E-state index in [1.165, 1.54) is 0 Å². The van der Waals surface area contributed by atoms with Gasteiger partial charge in [-0.05, 0) is 12.5 Å². The third kappa shape index (κ3) is 3.45. The first-order valence-electron chi connectivity index (χ1n) is 7.19. The summed E-state index contributed by atoms with van der Waals surface area (Å²) in [6, 6.07) is 0.162. The van der Waals surface area contributed by atoms with Crippen molar-refractivity contribution in [1.82, 2.24) is 29.6 Å². The van der Waals surface area contributed by atoms with E-state index in [2.05, 4.69) is 45.7 Å². The molecule has 2 aromatic heterocycles. The molecule has 6 heteroatoms. The highest BCUT2D eigenvalue weighted by atomic mass is 15.3. The van der Waals surface area contributed by atoms with E-state index in [-0.39, 0.29) is 6.04 Å². The fourth-order valence-corrected chi connectivity index (χ4v) is 2.34. The van der Waals surface area contributed by atoms with Crippen molar-refractivity contribution in [2.75, 3.05) is 6.54 Å². The number of aryl methyl sites for hydroxylation is 1. The van der Waals surface area contributed by atoms with E-state index in [0.29, 0.717) is 5.92 Å². The Balaban J connectivity index is 2.17. The van der Waals surface area contributed by atoms with Gasteiger partial charge in [0, 0.05) is 32.4 Å². The first-order chi connectivity index (χ1) is 9.61. The molecule has 0 saturated carbocycles. The normalized spacial score (nSPS) is 13.1. The molecule has 0 radical (unpaired) electrons. The van der Waals surface area contributed by atoms with E-state index in [9.17, 15) is 0 Å². The molecule has 1 unspecified atom stereocenters. The lowest BCUT2D eigenvalue weighted by Gasteiger charge is -2.18. The van der Waals surface area contributed by atoms with Crippen molar-refractivity contribution in [2.24, 2.45) is 13.0 Å². The van der Waals surface area contributed by atoms with Gasteiger partial charge in [-0.25, -0.2) is 14.6 Å². The summed E-state index contributed by atoms with van der Waals surface area (Å²) in [6.07, 6.45) is 6.24. The highest BCUT2D eigenvalue weighted by molar-refractivity contribution is 5.03. The summed E-state index contributed by atoms with van der Waals surface area (Å²) in [5.74, 6) is 2.60. The zero-order valence-electron chi connectivity index (χ0n) is 12.7. The minimum Gasteiger partial charge on any atom is -0.337 e. The van der Waals surface area contributed by atoms with Crippen LogP contribution < -0.4 is 5.32 Å². The summed E-state index contributed by atoms with van der Waals surface area (Å²) in [5.41, 5.74) is 0. The topological polar surface area (TPSA) is 60.6 Å². The lowest BCUT2D eigenvalue weighted by Crippen LogP contribution is -2.27. The molecule has 0 aliphatic heterocycles. The molecule has 0 aromatic carbocycles. The number of hydrogen-bond acceptors (Lipinski definition) is 4. The standard InChI is InChI=1S/C14H24N6/c1-5-15-12(14-16-6-7-19(14)4)8-13-17-10-18-20(13)9-11(2)3/h6-7,10-12,15H,5,8-9H2,1-4H3. The van der Waals surface area contributed by atoms with Crippen LogP contribution in [0.4, 0.5) is 0 Å². The molecule has 2 rings (SSSR count). The van der Waals surface area contributed by atoms with Gasteiger partial charge in [0.2, 0.25) is 0 Å². The Kier molecular flexibility index (Phi) is 4.89. The largest absolute Gasteiger partial charge is 0.337 e. The number of rotatable bonds is 7. The molecular weight excluding hydrogens is 252 g/mol. The van der Waals surface area contributed by atoms with Gasteiger partial charge in [-0.15, -0.1) is 0 Å². The molecule has 0 saturated heterocycles. The fraction of sp³-hybridized carbons (Fsp3) is 0.643. The third-order valence-corrected chi connectivity index (χ3v) is 3.24. The van der Waals surface area contributed by atoms with E-state index in [4.69, 9.17) is 0 Å². The van der Waals surface area contributed by atoms with Crippen molar-refractivity contribution in [1.29, 1.82) is 0 Å².